The van der Waals surface area contributed by atoms with Crippen molar-refractivity contribution in [3.8, 4) is 0 Å². The minimum Gasteiger partial charge on any atom is -0.284 e. The van der Waals surface area contributed by atoms with E-state index in [1.54, 1.807) is 36.4 Å². The maximum absolute atomic E-state index is 11.3. The van der Waals surface area contributed by atoms with Gasteiger partial charge in [0.15, 0.2) is 4.21 Å². The summed E-state index contributed by atoms with van der Waals surface area (Å²) in [5.41, 5.74) is 1.15. The Kier molecular flexibility index (Phi) is 2.37. The van der Waals surface area contributed by atoms with Gasteiger partial charge < -0.3 is 0 Å². The van der Waals surface area contributed by atoms with Crippen LogP contribution in [0.25, 0.3) is 6.08 Å². The quantitative estimate of drug-likeness (QED) is 0.610. The molecule has 0 bridgehead atoms. The molecule has 1 aromatic carbocycles. The van der Waals surface area contributed by atoms with Gasteiger partial charge in [-0.15, -0.1) is 0 Å². The minimum absolute atomic E-state index is 0.0738. The molecule has 0 saturated carbocycles. The van der Waals surface area contributed by atoms with Gasteiger partial charge in [-0.2, -0.15) is 8.42 Å². The van der Waals surface area contributed by atoms with E-state index in [0.717, 1.165) is 5.56 Å². The lowest BCUT2D eigenvalue weighted by molar-refractivity contribution is 0.459. The zero-order valence-corrected chi connectivity index (χ0v) is 9.29. The number of alkyl halides is 1. The molecular weight excluding hydrogens is 236 g/mol. The van der Waals surface area contributed by atoms with Gasteiger partial charge in [-0.05, 0) is 11.1 Å². The van der Waals surface area contributed by atoms with Crippen LogP contribution in [0.2, 0.25) is 0 Å². The van der Waals surface area contributed by atoms with Gasteiger partial charge in [0.05, 0.1) is 0 Å². The first-order chi connectivity index (χ1) is 6.95. The SMILES string of the molecule is O=S(=O)(O)C1(Cl)CC=Cc2ccccc21. The molecule has 0 radical (unpaired) electrons. The molecule has 5 heteroatoms. The third kappa shape index (κ3) is 1.58. The molecule has 1 atom stereocenters. The fraction of sp³-hybridized carbons (Fsp3) is 0.200. The zero-order valence-electron chi connectivity index (χ0n) is 7.72. The second kappa shape index (κ2) is 3.33. The molecule has 0 spiro atoms. The fourth-order valence-electron chi connectivity index (χ4n) is 1.67. The maximum Gasteiger partial charge on any atom is 0.289 e. The van der Waals surface area contributed by atoms with Crippen LogP contribution in [0.5, 0.6) is 0 Å². The Labute approximate surface area is 93.1 Å². The van der Waals surface area contributed by atoms with Crippen LogP contribution in [0.15, 0.2) is 30.3 Å². The third-order valence-corrected chi connectivity index (χ3v) is 4.60. The van der Waals surface area contributed by atoms with Crippen LogP contribution in [-0.4, -0.2) is 13.0 Å². The van der Waals surface area contributed by atoms with Crippen molar-refractivity contribution < 1.29 is 13.0 Å². The summed E-state index contributed by atoms with van der Waals surface area (Å²) in [7, 11) is -4.32. The summed E-state index contributed by atoms with van der Waals surface area (Å²) < 4.78 is 29.9. The lowest BCUT2D eigenvalue weighted by Gasteiger charge is -2.27. The Morgan fingerprint density at radius 1 is 1.33 bits per heavy atom. The summed E-state index contributed by atoms with van der Waals surface area (Å²) in [6.45, 7) is 0. The van der Waals surface area contributed by atoms with Crippen molar-refractivity contribution in [2.45, 2.75) is 10.6 Å². The highest BCUT2D eigenvalue weighted by atomic mass is 35.5. The second-order valence-corrected chi connectivity index (χ2v) is 5.91. The van der Waals surface area contributed by atoms with E-state index in [-0.39, 0.29) is 6.42 Å². The van der Waals surface area contributed by atoms with Gasteiger partial charge in [0.1, 0.15) is 0 Å². The molecule has 15 heavy (non-hydrogen) atoms. The average Bonchev–Trinajstić information content (AvgIpc) is 2.17. The number of benzene rings is 1. The molecule has 0 amide bonds. The van der Waals surface area contributed by atoms with Crippen LogP contribution >= 0.6 is 11.6 Å². The monoisotopic (exact) mass is 244 g/mol. The first kappa shape index (κ1) is 10.7. The Hall–Kier alpha value is -0.840. The molecule has 1 unspecified atom stereocenters. The van der Waals surface area contributed by atoms with Gasteiger partial charge in [-0.1, -0.05) is 48.0 Å². The lowest BCUT2D eigenvalue weighted by Crippen LogP contribution is -2.31. The molecule has 1 N–H and O–H groups in total. The van der Waals surface area contributed by atoms with E-state index in [1.807, 2.05) is 0 Å². The van der Waals surface area contributed by atoms with Crippen LogP contribution in [-0.2, 0) is 14.3 Å². The highest BCUT2D eigenvalue weighted by molar-refractivity contribution is 7.88. The van der Waals surface area contributed by atoms with E-state index >= 15 is 0 Å². The van der Waals surface area contributed by atoms with E-state index in [4.69, 9.17) is 16.2 Å². The molecule has 0 aliphatic heterocycles. The number of rotatable bonds is 1. The molecule has 1 aromatic rings. The normalized spacial score (nSPS) is 24.9. The maximum atomic E-state index is 11.3. The summed E-state index contributed by atoms with van der Waals surface area (Å²) in [5.74, 6) is 0. The Bertz CT molecular complexity index is 521. The van der Waals surface area contributed by atoms with Crippen LogP contribution in [0, 0.1) is 0 Å². The number of halogens is 1. The molecular formula is C10H9ClO3S. The van der Waals surface area contributed by atoms with E-state index < -0.39 is 14.3 Å². The zero-order chi connectivity index (χ0) is 11.1. The van der Waals surface area contributed by atoms with Crippen LogP contribution in [0.4, 0.5) is 0 Å². The standard InChI is InChI=1S/C10H9ClO3S/c11-10(15(12,13)14)7-3-5-8-4-1-2-6-9(8)10/h1-6H,7H2,(H,12,13,14). The highest BCUT2D eigenvalue weighted by Gasteiger charge is 2.44. The number of fused-ring (bicyclic) bond motifs is 1. The molecule has 0 fully saturated rings. The smallest absolute Gasteiger partial charge is 0.284 e. The van der Waals surface area contributed by atoms with Crippen molar-refractivity contribution >= 4 is 27.8 Å². The first-order valence-electron chi connectivity index (χ1n) is 4.37. The van der Waals surface area contributed by atoms with Crippen molar-refractivity contribution in [3.05, 3.63) is 41.5 Å². The first-order valence-corrected chi connectivity index (χ1v) is 6.19. The average molecular weight is 245 g/mol. The van der Waals surface area contributed by atoms with Crippen molar-refractivity contribution in [1.29, 1.82) is 0 Å². The lowest BCUT2D eigenvalue weighted by atomic mass is 9.97. The Balaban J connectivity index is 2.71. The van der Waals surface area contributed by atoms with Gasteiger partial charge in [0, 0.05) is 6.42 Å². The molecule has 1 aliphatic rings. The predicted octanol–water partition coefficient (Wildman–Crippen LogP) is 2.38. The predicted molar refractivity (Wildman–Crippen MR) is 59.2 cm³/mol. The number of allylic oxidation sites excluding steroid dienone is 1. The van der Waals surface area contributed by atoms with Crippen molar-refractivity contribution in [3.63, 3.8) is 0 Å². The molecule has 2 rings (SSSR count). The fourth-order valence-corrected chi connectivity index (χ4v) is 2.71. The molecule has 0 heterocycles. The molecule has 3 nitrogen and oxygen atoms in total. The molecule has 80 valence electrons. The molecule has 0 aromatic heterocycles. The summed E-state index contributed by atoms with van der Waals surface area (Å²) in [5, 5.41) is 0. The topological polar surface area (TPSA) is 54.4 Å². The van der Waals surface area contributed by atoms with E-state index in [9.17, 15) is 8.42 Å². The van der Waals surface area contributed by atoms with E-state index in [2.05, 4.69) is 0 Å². The van der Waals surface area contributed by atoms with Gasteiger partial charge >= 0.3 is 0 Å². The largest absolute Gasteiger partial charge is 0.289 e. The van der Waals surface area contributed by atoms with Gasteiger partial charge in [0.25, 0.3) is 10.1 Å². The van der Waals surface area contributed by atoms with Gasteiger partial charge in [-0.3, -0.25) is 4.55 Å². The van der Waals surface area contributed by atoms with Crippen molar-refractivity contribution in [2.75, 3.05) is 0 Å². The van der Waals surface area contributed by atoms with Crippen LogP contribution in [0.3, 0.4) is 0 Å². The number of hydrogen-bond donors (Lipinski definition) is 1. The Morgan fingerprint density at radius 2 is 2.00 bits per heavy atom. The van der Waals surface area contributed by atoms with Crippen molar-refractivity contribution in [2.24, 2.45) is 0 Å². The highest BCUT2D eigenvalue weighted by Crippen LogP contribution is 2.43. The van der Waals surface area contributed by atoms with Crippen molar-refractivity contribution in [1.82, 2.24) is 0 Å². The summed E-state index contributed by atoms with van der Waals surface area (Å²) in [4.78, 5) is 0. The number of hydrogen-bond acceptors (Lipinski definition) is 2. The van der Waals surface area contributed by atoms with E-state index in [1.165, 1.54) is 0 Å². The van der Waals surface area contributed by atoms with E-state index in [0.29, 0.717) is 5.56 Å². The third-order valence-electron chi connectivity index (χ3n) is 2.45. The molecule has 0 saturated heterocycles. The summed E-state index contributed by atoms with van der Waals surface area (Å²) in [6.07, 6.45) is 3.51. The summed E-state index contributed by atoms with van der Waals surface area (Å²) in [6, 6.07) is 6.85. The molecule has 1 aliphatic carbocycles. The minimum atomic E-state index is -4.32. The Morgan fingerprint density at radius 3 is 2.67 bits per heavy atom. The van der Waals surface area contributed by atoms with Crippen LogP contribution in [0.1, 0.15) is 17.5 Å². The van der Waals surface area contributed by atoms with Gasteiger partial charge in [0.2, 0.25) is 0 Å². The van der Waals surface area contributed by atoms with Gasteiger partial charge in [-0.25, -0.2) is 0 Å². The van der Waals surface area contributed by atoms with Crippen LogP contribution < -0.4 is 0 Å². The summed E-state index contributed by atoms with van der Waals surface area (Å²) >= 11 is 5.99. The second-order valence-electron chi connectivity index (χ2n) is 3.40.